The number of anilines is 1. The van der Waals surface area contributed by atoms with E-state index < -0.39 is 0 Å². The number of benzene rings is 1. The average Bonchev–Trinajstić information content (AvgIpc) is 2.53. The molecule has 0 bridgehead atoms. The standard InChI is InChI=1S/C16H22N4O/c1-20(12-14-7-4-3-5-8-14)10-6-9-17-15-11-16(21-2)19-13-18-15/h3-5,7-8,11,13H,6,9-10,12H2,1-2H3,(H,17,18,19). The third kappa shape index (κ3) is 5.39. The highest BCUT2D eigenvalue weighted by Gasteiger charge is 2.01. The van der Waals surface area contributed by atoms with Gasteiger partial charge in [-0.05, 0) is 25.6 Å². The third-order valence-electron chi connectivity index (χ3n) is 3.17. The summed E-state index contributed by atoms with van der Waals surface area (Å²) in [7, 11) is 3.74. The number of nitrogens with zero attached hydrogens (tertiary/aromatic N) is 3. The Morgan fingerprint density at radius 2 is 2.00 bits per heavy atom. The third-order valence-corrected chi connectivity index (χ3v) is 3.17. The fourth-order valence-corrected chi connectivity index (χ4v) is 2.09. The van der Waals surface area contributed by atoms with Gasteiger partial charge in [0.05, 0.1) is 7.11 Å². The maximum atomic E-state index is 5.07. The Balaban J connectivity index is 1.67. The van der Waals surface area contributed by atoms with Crippen LogP contribution < -0.4 is 10.1 Å². The van der Waals surface area contributed by atoms with Crippen LogP contribution in [0.2, 0.25) is 0 Å². The van der Waals surface area contributed by atoms with Crippen molar-refractivity contribution in [2.45, 2.75) is 13.0 Å². The second kappa shape index (κ2) is 8.21. The van der Waals surface area contributed by atoms with Crippen molar-refractivity contribution in [1.82, 2.24) is 14.9 Å². The minimum absolute atomic E-state index is 0.577. The van der Waals surface area contributed by atoms with Crippen molar-refractivity contribution >= 4 is 5.82 Å². The van der Waals surface area contributed by atoms with Gasteiger partial charge in [0.2, 0.25) is 5.88 Å². The van der Waals surface area contributed by atoms with Crippen LogP contribution in [0.4, 0.5) is 5.82 Å². The van der Waals surface area contributed by atoms with Crippen molar-refractivity contribution in [3.05, 3.63) is 48.3 Å². The van der Waals surface area contributed by atoms with E-state index in [-0.39, 0.29) is 0 Å². The van der Waals surface area contributed by atoms with Gasteiger partial charge in [-0.15, -0.1) is 0 Å². The van der Waals surface area contributed by atoms with Gasteiger partial charge in [0.1, 0.15) is 12.1 Å². The van der Waals surface area contributed by atoms with Gasteiger partial charge in [0.25, 0.3) is 0 Å². The van der Waals surface area contributed by atoms with Crippen LogP contribution in [0, 0.1) is 0 Å². The van der Waals surface area contributed by atoms with Crippen LogP contribution in [-0.4, -0.2) is 42.1 Å². The van der Waals surface area contributed by atoms with Crippen molar-refractivity contribution in [3.8, 4) is 5.88 Å². The summed E-state index contributed by atoms with van der Waals surface area (Å²) in [4.78, 5) is 10.5. The normalized spacial score (nSPS) is 10.6. The molecule has 0 spiro atoms. The SMILES string of the molecule is COc1cc(NCCCN(C)Cc2ccccc2)ncn1. The van der Waals surface area contributed by atoms with Gasteiger partial charge in [-0.25, -0.2) is 9.97 Å². The molecule has 0 aliphatic rings. The maximum absolute atomic E-state index is 5.07. The summed E-state index contributed by atoms with van der Waals surface area (Å²) in [6, 6.07) is 12.3. The lowest BCUT2D eigenvalue weighted by Crippen LogP contribution is -2.21. The first-order valence-corrected chi connectivity index (χ1v) is 7.10. The van der Waals surface area contributed by atoms with E-state index in [2.05, 4.69) is 51.5 Å². The fourth-order valence-electron chi connectivity index (χ4n) is 2.09. The minimum atomic E-state index is 0.577. The topological polar surface area (TPSA) is 50.3 Å². The predicted octanol–water partition coefficient (Wildman–Crippen LogP) is 2.42. The number of methoxy groups -OCH3 is 1. The molecule has 5 heteroatoms. The number of aromatic nitrogens is 2. The smallest absolute Gasteiger partial charge is 0.218 e. The zero-order valence-electron chi connectivity index (χ0n) is 12.6. The van der Waals surface area contributed by atoms with Crippen molar-refractivity contribution in [2.75, 3.05) is 32.6 Å². The molecule has 0 unspecified atom stereocenters. The summed E-state index contributed by atoms with van der Waals surface area (Å²) in [5.41, 5.74) is 1.34. The highest BCUT2D eigenvalue weighted by molar-refractivity contribution is 5.36. The Kier molecular flexibility index (Phi) is 5.97. The first-order valence-electron chi connectivity index (χ1n) is 7.10. The molecule has 2 rings (SSSR count). The molecule has 0 amide bonds. The van der Waals surface area contributed by atoms with Crippen LogP contribution in [0.5, 0.6) is 5.88 Å². The van der Waals surface area contributed by atoms with E-state index in [4.69, 9.17) is 4.74 Å². The summed E-state index contributed by atoms with van der Waals surface area (Å²) in [6.07, 6.45) is 2.55. The van der Waals surface area contributed by atoms with Crippen molar-refractivity contribution in [1.29, 1.82) is 0 Å². The van der Waals surface area contributed by atoms with Gasteiger partial charge in [-0.3, -0.25) is 0 Å². The van der Waals surface area contributed by atoms with Gasteiger partial charge < -0.3 is 15.0 Å². The Morgan fingerprint density at radius 1 is 1.19 bits per heavy atom. The molecule has 2 aromatic rings. The van der Waals surface area contributed by atoms with Crippen LogP contribution in [0.15, 0.2) is 42.7 Å². The molecule has 0 radical (unpaired) electrons. The zero-order chi connectivity index (χ0) is 14.9. The summed E-state index contributed by atoms with van der Waals surface area (Å²) < 4.78 is 5.07. The van der Waals surface area contributed by atoms with Crippen LogP contribution >= 0.6 is 0 Å². The maximum Gasteiger partial charge on any atom is 0.218 e. The minimum Gasteiger partial charge on any atom is -0.481 e. The molecular weight excluding hydrogens is 264 g/mol. The number of nitrogens with one attached hydrogen (secondary N) is 1. The van der Waals surface area contributed by atoms with E-state index in [1.54, 1.807) is 13.2 Å². The Labute approximate surface area is 126 Å². The van der Waals surface area contributed by atoms with E-state index in [0.717, 1.165) is 31.9 Å². The second-order valence-electron chi connectivity index (χ2n) is 4.95. The van der Waals surface area contributed by atoms with E-state index >= 15 is 0 Å². The van der Waals surface area contributed by atoms with Gasteiger partial charge in [0.15, 0.2) is 0 Å². The van der Waals surface area contributed by atoms with Crippen LogP contribution in [-0.2, 0) is 6.54 Å². The molecular formula is C16H22N4O. The molecule has 1 aromatic heterocycles. The van der Waals surface area contributed by atoms with Crippen molar-refractivity contribution in [2.24, 2.45) is 0 Å². The molecule has 0 aliphatic heterocycles. The number of rotatable bonds is 8. The molecule has 1 N–H and O–H groups in total. The largest absolute Gasteiger partial charge is 0.481 e. The zero-order valence-corrected chi connectivity index (χ0v) is 12.6. The monoisotopic (exact) mass is 286 g/mol. The van der Waals surface area contributed by atoms with E-state index in [1.807, 2.05) is 6.07 Å². The molecule has 1 heterocycles. The van der Waals surface area contributed by atoms with Gasteiger partial charge in [-0.2, -0.15) is 0 Å². The fraction of sp³-hybridized carbons (Fsp3) is 0.375. The molecule has 0 atom stereocenters. The summed E-state index contributed by atoms with van der Waals surface area (Å²) in [5.74, 6) is 1.38. The summed E-state index contributed by atoms with van der Waals surface area (Å²) in [5, 5.41) is 3.28. The number of hydrogen-bond acceptors (Lipinski definition) is 5. The van der Waals surface area contributed by atoms with Crippen LogP contribution in [0.3, 0.4) is 0 Å². The lowest BCUT2D eigenvalue weighted by Gasteiger charge is -2.16. The second-order valence-corrected chi connectivity index (χ2v) is 4.95. The lowest BCUT2D eigenvalue weighted by atomic mass is 10.2. The molecule has 0 saturated carbocycles. The Hall–Kier alpha value is -2.14. The first-order chi connectivity index (χ1) is 10.3. The van der Waals surface area contributed by atoms with Gasteiger partial charge >= 0.3 is 0 Å². The molecule has 21 heavy (non-hydrogen) atoms. The highest BCUT2D eigenvalue weighted by Crippen LogP contribution is 2.10. The highest BCUT2D eigenvalue weighted by atomic mass is 16.5. The molecule has 1 aromatic carbocycles. The van der Waals surface area contributed by atoms with Crippen molar-refractivity contribution in [3.63, 3.8) is 0 Å². The van der Waals surface area contributed by atoms with Crippen LogP contribution in [0.1, 0.15) is 12.0 Å². The van der Waals surface area contributed by atoms with E-state index in [0.29, 0.717) is 5.88 Å². The molecule has 112 valence electrons. The van der Waals surface area contributed by atoms with Crippen molar-refractivity contribution < 1.29 is 4.74 Å². The van der Waals surface area contributed by atoms with E-state index in [9.17, 15) is 0 Å². The molecule has 0 aliphatic carbocycles. The molecule has 0 saturated heterocycles. The number of ether oxygens (including phenoxy) is 1. The quantitative estimate of drug-likeness (QED) is 0.755. The van der Waals surface area contributed by atoms with Crippen LogP contribution in [0.25, 0.3) is 0 Å². The first kappa shape index (κ1) is 15.3. The lowest BCUT2D eigenvalue weighted by molar-refractivity contribution is 0.325. The molecule has 5 nitrogen and oxygen atoms in total. The Bertz CT molecular complexity index is 533. The average molecular weight is 286 g/mol. The summed E-state index contributed by atoms with van der Waals surface area (Å²) in [6.45, 7) is 2.88. The predicted molar refractivity (Wildman–Crippen MR) is 84.5 cm³/mol. The van der Waals surface area contributed by atoms with E-state index in [1.165, 1.54) is 11.9 Å². The summed E-state index contributed by atoms with van der Waals surface area (Å²) >= 11 is 0. The van der Waals surface area contributed by atoms with Gasteiger partial charge in [-0.1, -0.05) is 30.3 Å². The molecule has 0 fully saturated rings. The van der Waals surface area contributed by atoms with Gasteiger partial charge in [0, 0.05) is 19.2 Å². The number of hydrogen-bond donors (Lipinski definition) is 1. The Morgan fingerprint density at radius 3 is 2.76 bits per heavy atom.